The molecule has 3 rings (SSSR count). The van der Waals surface area contributed by atoms with Crippen molar-refractivity contribution < 1.29 is 9.53 Å². The molecule has 1 amide bonds. The Hall–Kier alpha value is -0.610. The molecule has 3 aliphatic rings. The van der Waals surface area contributed by atoms with E-state index in [1.165, 1.54) is 44.9 Å². The highest BCUT2D eigenvalue weighted by atomic mass is 16.5. The predicted octanol–water partition coefficient (Wildman–Crippen LogP) is 2.53. The van der Waals surface area contributed by atoms with Gasteiger partial charge in [-0.3, -0.25) is 9.69 Å². The van der Waals surface area contributed by atoms with Gasteiger partial charge in [0.05, 0.1) is 13.2 Å². The smallest absolute Gasteiger partial charge is 0.226 e. The number of ether oxygens (including phenoxy) is 1. The van der Waals surface area contributed by atoms with E-state index in [0.29, 0.717) is 11.3 Å². The van der Waals surface area contributed by atoms with E-state index in [-0.39, 0.29) is 5.92 Å². The fourth-order valence-corrected chi connectivity index (χ4v) is 4.57. The quantitative estimate of drug-likeness (QED) is 0.803. The second-order valence-electron chi connectivity index (χ2n) is 7.74. The summed E-state index contributed by atoms with van der Waals surface area (Å²) in [5.41, 5.74) is 0.463. The minimum Gasteiger partial charge on any atom is -0.379 e. The highest BCUT2D eigenvalue weighted by Crippen LogP contribution is 2.42. The lowest BCUT2D eigenvalue weighted by atomic mass is 9.80. The molecule has 0 aromatic carbocycles. The monoisotopic (exact) mass is 308 g/mol. The van der Waals surface area contributed by atoms with Crippen LogP contribution >= 0.6 is 0 Å². The van der Waals surface area contributed by atoms with Crippen molar-refractivity contribution in [2.75, 3.05) is 45.9 Å². The number of carbonyl (C=O) groups is 1. The lowest BCUT2D eigenvalue weighted by Crippen LogP contribution is -2.44. The van der Waals surface area contributed by atoms with Crippen LogP contribution in [0.1, 0.15) is 51.9 Å². The van der Waals surface area contributed by atoms with Crippen LogP contribution in [-0.2, 0) is 9.53 Å². The summed E-state index contributed by atoms with van der Waals surface area (Å²) < 4.78 is 5.39. The maximum atomic E-state index is 12.8. The van der Waals surface area contributed by atoms with Crippen molar-refractivity contribution in [3.8, 4) is 0 Å². The first-order valence-electron chi connectivity index (χ1n) is 9.27. The number of hydrogen-bond acceptors (Lipinski definition) is 3. The Balaban J connectivity index is 1.51. The van der Waals surface area contributed by atoms with E-state index in [2.05, 4.69) is 16.7 Å². The first kappa shape index (κ1) is 16.3. The van der Waals surface area contributed by atoms with Gasteiger partial charge in [0.15, 0.2) is 0 Å². The van der Waals surface area contributed by atoms with Gasteiger partial charge in [-0.05, 0) is 24.7 Å². The van der Waals surface area contributed by atoms with Gasteiger partial charge < -0.3 is 9.64 Å². The molecule has 2 aliphatic heterocycles. The molecule has 1 atom stereocenters. The third kappa shape index (κ3) is 3.83. The number of morpholine rings is 1. The van der Waals surface area contributed by atoms with Crippen LogP contribution in [-0.4, -0.2) is 61.6 Å². The van der Waals surface area contributed by atoms with E-state index in [1.807, 2.05) is 0 Å². The molecule has 2 saturated heterocycles. The van der Waals surface area contributed by atoms with Gasteiger partial charge in [0.2, 0.25) is 5.91 Å². The molecule has 0 radical (unpaired) electrons. The maximum absolute atomic E-state index is 12.8. The van der Waals surface area contributed by atoms with Crippen molar-refractivity contribution in [1.82, 2.24) is 9.80 Å². The van der Waals surface area contributed by atoms with Crippen molar-refractivity contribution in [1.29, 1.82) is 0 Å². The van der Waals surface area contributed by atoms with Crippen LogP contribution in [0.4, 0.5) is 0 Å². The van der Waals surface area contributed by atoms with Gasteiger partial charge in [0.25, 0.3) is 0 Å². The summed E-state index contributed by atoms with van der Waals surface area (Å²) in [6, 6.07) is 0. The van der Waals surface area contributed by atoms with Crippen molar-refractivity contribution in [3.05, 3.63) is 0 Å². The number of carbonyl (C=O) groups excluding carboxylic acids is 1. The molecule has 3 fully saturated rings. The zero-order valence-electron chi connectivity index (χ0n) is 14.2. The fraction of sp³-hybridized carbons (Fsp3) is 0.944. The zero-order valence-corrected chi connectivity index (χ0v) is 14.2. The summed E-state index contributed by atoms with van der Waals surface area (Å²) in [7, 11) is 0. The number of likely N-dealkylation sites (tertiary alicyclic amines) is 1. The second kappa shape index (κ2) is 7.31. The lowest BCUT2D eigenvalue weighted by molar-refractivity contribution is -0.135. The maximum Gasteiger partial charge on any atom is 0.226 e. The van der Waals surface area contributed by atoms with Crippen LogP contribution in [0.25, 0.3) is 0 Å². The minimum absolute atomic E-state index is 0.124. The van der Waals surface area contributed by atoms with Crippen molar-refractivity contribution in [2.24, 2.45) is 11.3 Å². The molecular weight excluding hydrogens is 276 g/mol. The third-order valence-electron chi connectivity index (χ3n) is 5.97. The normalized spacial score (nSPS) is 27.8. The van der Waals surface area contributed by atoms with Crippen LogP contribution < -0.4 is 0 Å². The van der Waals surface area contributed by atoms with E-state index in [4.69, 9.17) is 4.74 Å². The van der Waals surface area contributed by atoms with E-state index >= 15 is 0 Å². The molecule has 22 heavy (non-hydrogen) atoms. The molecule has 0 aromatic heterocycles. The number of amides is 1. The molecule has 4 nitrogen and oxygen atoms in total. The van der Waals surface area contributed by atoms with Gasteiger partial charge in [-0.1, -0.05) is 32.6 Å². The third-order valence-corrected chi connectivity index (χ3v) is 5.97. The predicted molar refractivity (Wildman–Crippen MR) is 87.8 cm³/mol. The van der Waals surface area contributed by atoms with Crippen LogP contribution in [0.15, 0.2) is 0 Å². The molecule has 0 aromatic rings. The number of nitrogens with zero attached hydrogens (tertiary/aromatic N) is 2. The van der Waals surface area contributed by atoms with Crippen LogP contribution in [0, 0.1) is 11.3 Å². The molecule has 126 valence electrons. The largest absolute Gasteiger partial charge is 0.379 e. The van der Waals surface area contributed by atoms with Crippen LogP contribution in [0.3, 0.4) is 0 Å². The summed E-state index contributed by atoms with van der Waals surface area (Å²) in [4.78, 5) is 17.4. The average Bonchev–Trinajstić information content (AvgIpc) is 2.81. The summed E-state index contributed by atoms with van der Waals surface area (Å²) in [5, 5.41) is 0. The molecule has 1 aliphatic carbocycles. The molecular formula is C18H32N2O2. The number of hydrogen-bond donors (Lipinski definition) is 0. The van der Waals surface area contributed by atoms with Gasteiger partial charge >= 0.3 is 0 Å². The van der Waals surface area contributed by atoms with Gasteiger partial charge in [0.1, 0.15) is 0 Å². The summed E-state index contributed by atoms with van der Waals surface area (Å²) in [6.45, 7) is 8.59. The SMILES string of the molecule is CC(CN1CCOCC1)C(=O)N1CCC2(CCCCCC2)C1. The standard InChI is InChI=1S/C18H32N2O2/c1-16(14-19-10-12-22-13-11-19)17(21)20-9-8-18(15-20)6-4-2-3-5-7-18/h16H,2-15H2,1H3. The molecule has 1 saturated carbocycles. The minimum atomic E-state index is 0.124. The van der Waals surface area contributed by atoms with Gasteiger partial charge in [-0.15, -0.1) is 0 Å². The van der Waals surface area contributed by atoms with Crippen molar-refractivity contribution >= 4 is 5.91 Å². The van der Waals surface area contributed by atoms with E-state index in [0.717, 1.165) is 45.9 Å². The summed E-state index contributed by atoms with van der Waals surface area (Å²) in [6.07, 6.45) is 9.44. The molecule has 1 unspecified atom stereocenters. The Bertz CT molecular complexity index is 371. The molecule has 2 heterocycles. The molecule has 1 spiro atoms. The van der Waals surface area contributed by atoms with Crippen molar-refractivity contribution in [3.63, 3.8) is 0 Å². The topological polar surface area (TPSA) is 32.8 Å². The van der Waals surface area contributed by atoms with Crippen LogP contribution in [0.2, 0.25) is 0 Å². The molecule has 0 bridgehead atoms. The molecule has 0 N–H and O–H groups in total. The average molecular weight is 308 g/mol. The fourth-order valence-electron chi connectivity index (χ4n) is 4.57. The second-order valence-corrected chi connectivity index (χ2v) is 7.74. The Morgan fingerprint density at radius 3 is 2.41 bits per heavy atom. The van der Waals surface area contributed by atoms with E-state index in [1.54, 1.807) is 0 Å². The highest BCUT2D eigenvalue weighted by molar-refractivity contribution is 5.79. The Labute approximate surface area is 135 Å². The Morgan fingerprint density at radius 2 is 1.73 bits per heavy atom. The first-order chi connectivity index (χ1) is 10.7. The number of rotatable bonds is 3. The van der Waals surface area contributed by atoms with E-state index < -0.39 is 0 Å². The summed E-state index contributed by atoms with van der Waals surface area (Å²) >= 11 is 0. The van der Waals surface area contributed by atoms with Gasteiger partial charge in [0, 0.05) is 38.6 Å². The summed E-state index contributed by atoms with van der Waals surface area (Å²) in [5.74, 6) is 0.506. The van der Waals surface area contributed by atoms with Crippen LogP contribution in [0.5, 0.6) is 0 Å². The lowest BCUT2D eigenvalue weighted by Gasteiger charge is -2.31. The first-order valence-corrected chi connectivity index (χ1v) is 9.27. The van der Waals surface area contributed by atoms with Gasteiger partial charge in [-0.2, -0.15) is 0 Å². The van der Waals surface area contributed by atoms with E-state index in [9.17, 15) is 4.79 Å². The zero-order chi connectivity index (χ0) is 15.4. The molecule has 4 heteroatoms. The van der Waals surface area contributed by atoms with Gasteiger partial charge in [-0.25, -0.2) is 0 Å². The Morgan fingerprint density at radius 1 is 1.05 bits per heavy atom. The highest BCUT2D eigenvalue weighted by Gasteiger charge is 2.40. The van der Waals surface area contributed by atoms with Crippen molar-refractivity contribution in [2.45, 2.75) is 51.9 Å². The Kier molecular flexibility index (Phi) is 5.40.